The summed E-state index contributed by atoms with van der Waals surface area (Å²) in [6.45, 7) is 5.88. The summed E-state index contributed by atoms with van der Waals surface area (Å²) in [6, 6.07) is 0. The van der Waals surface area contributed by atoms with Crippen molar-refractivity contribution in [2.75, 3.05) is 0 Å². The molecular formula is C26H36F6O3. The normalized spacial score (nSPS) is 43.6. The molecule has 4 saturated carbocycles. The summed E-state index contributed by atoms with van der Waals surface area (Å²) in [6.07, 6.45) is -5.86. The monoisotopic (exact) mass is 510 g/mol. The van der Waals surface area contributed by atoms with Crippen LogP contribution < -0.4 is 0 Å². The number of carbonyl (C=O) groups is 1. The van der Waals surface area contributed by atoms with Crippen molar-refractivity contribution in [2.45, 2.75) is 96.2 Å². The molecular weight excluding hydrogens is 474 g/mol. The molecule has 0 heterocycles. The summed E-state index contributed by atoms with van der Waals surface area (Å²) in [5.41, 5.74) is -5.34. The van der Waals surface area contributed by atoms with E-state index in [1.54, 1.807) is 6.92 Å². The summed E-state index contributed by atoms with van der Waals surface area (Å²) in [5.74, 6) is -0.0109. The van der Waals surface area contributed by atoms with Gasteiger partial charge in [0, 0.05) is 12.3 Å². The van der Waals surface area contributed by atoms with E-state index >= 15 is 0 Å². The van der Waals surface area contributed by atoms with Crippen LogP contribution in [0.25, 0.3) is 0 Å². The van der Waals surface area contributed by atoms with Crippen LogP contribution in [0, 0.1) is 46.3 Å². The van der Waals surface area contributed by atoms with Crippen LogP contribution in [0.5, 0.6) is 0 Å². The molecule has 4 rings (SSSR count). The van der Waals surface area contributed by atoms with E-state index in [4.69, 9.17) is 0 Å². The van der Waals surface area contributed by atoms with Gasteiger partial charge in [-0.05, 0) is 91.4 Å². The second kappa shape index (κ2) is 8.47. The van der Waals surface area contributed by atoms with Gasteiger partial charge in [0.15, 0.2) is 0 Å². The van der Waals surface area contributed by atoms with Crippen LogP contribution in [0.1, 0.15) is 72.1 Å². The lowest BCUT2D eigenvalue weighted by Gasteiger charge is -2.60. The quantitative estimate of drug-likeness (QED) is 0.350. The molecule has 4 aliphatic rings. The van der Waals surface area contributed by atoms with Crippen LogP contribution in [-0.2, 0) is 4.79 Å². The summed E-state index contributed by atoms with van der Waals surface area (Å²) < 4.78 is 78.7. The number of ketones is 1. The molecule has 2 N–H and O–H groups in total. The van der Waals surface area contributed by atoms with Crippen LogP contribution in [0.15, 0.2) is 12.2 Å². The van der Waals surface area contributed by atoms with E-state index in [0.29, 0.717) is 31.6 Å². The average molecular weight is 511 g/mol. The number of rotatable bonds is 3. The van der Waals surface area contributed by atoms with Crippen LogP contribution in [0.2, 0.25) is 0 Å². The number of Topliss-reactive ketones (excluding diaryl/α,β-unsaturated/α-hetero) is 1. The molecule has 0 aliphatic heterocycles. The summed E-state index contributed by atoms with van der Waals surface area (Å²) in [7, 11) is 0. The van der Waals surface area contributed by atoms with Crippen molar-refractivity contribution in [2.24, 2.45) is 46.3 Å². The van der Waals surface area contributed by atoms with Gasteiger partial charge in [-0.25, -0.2) is 0 Å². The zero-order chi connectivity index (χ0) is 26.2. The molecule has 0 aromatic carbocycles. The Morgan fingerprint density at radius 3 is 2.11 bits per heavy atom. The minimum atomic E-state index is -5.87. The molecule has 4 fully saturated rings. The molecule has 7 unspecified atom stereocenters. The third-order valence-electron chi connectivity index (χ3n) is 10.6. The molecule has 0 aromatic heterocycles. The van der Waals surface area contributed by atoms with Crippen LogP contribution in [-0.4, -0.2) is 40.1 Å². The fourth-order valence-corrected chi connectivity index (χ4v) is 8.70. The van der Waals surface area contributed by atoms with Crippen molar-refractivity contribution in [1.82, 2.24) is 0 Å². The Hall–Kier alpha value is -1.09. The van der Waals surface area contributed by atoms with Crippen molar-refractivity contribution in [3.8, 4) is 0 Å². The number of allylic oxidation sites excluding steroid dienone is 1. The number of aliphatic hydroxyl groups excluding tert-OH is 1. The van der Waals surface area contributed by atoms with E-state index in [2.05, 4.69) is 13.8 Å². The first-order chi connectivity index (χ1) is 16.0. The number of hydrogen-bond acceptors (Lipinski definition) is 3. The number of hydrogen-bond donors (Lipinski definition) is 2. The molecule has 0 radical (unpaired) electrons. The fourth-order valence-electron chi connectivity index (χ4n) is 8.70. The highest BCUT2D eigenvalue weighted by molar-refractivity contribution is 5.83. The summed E-state index contributed by atoms with van der Waals surface area (Å²) in [4.78, 5) is 13.2. The molecule has 35 heavy (non-hydrogen) atoms. The van der Waals surface area contributed by atoms with Crippen molar-refractivity contribution in [3.63, 3.8) is 0 Å². The molecule has 200 valence electrons. The predicted molar refractivity (Wildman–Crippen MR) is 117 cm³/mol. The number of alkyl halides is 6. The highest BCUT2D eigenvalue weighted by Crippen LogP contribution is 2.67. The van der Waals surface area contributed by atoms with Gasteiger partial charge in [0.25, 0.3) is 5.60 Å². The van der Waals surface area contributed by atoms with Gasteiger partial charge in [-0.3, -0.25) is 4.79 Å². The van der Waals surface area contributed by atoms with Gasteiger partial charge in [0.2, 0.25) is 0 Å². The SMILES string of the molecule is CC(/C=C/C(O)(C(F)(F)F)C(F)(F)F)C1CCC2C3CC(=O)[C@@H]4C[C@@H](O)CCC4(C)C3CCC12C. The predicted octanol–water partition coefficient (Wildman–Crippen LogP) is 6.23. The van der Waals surface area contributed by atoms with Gasteiger partial charge in [0.05, 0.1) is 6.10 Å². The highest BCUT2D eigenvalue weighted by atomic mass is 19.4. The number of halogens is 6. The van der Waals surface area contributed by atoms with Crippen LogP contribution in [0.3, 0.4) is 0 Å². The first-order valence-electron chi connectivity index (χ1n) is 12.7. The zero-order valence-corrected chi connectivity index (χ0v) is 20.4. The first kappa shape index (κ1) is 27.0. The van der Waals surface area contributed by atoms with E-state index < -0.39 is 30.0 Å². The van der Waals surface area contributed by atoms with Crippen molar-refractivity contribution >= 4 is 5.78 Å². The zero-order valence-electron chi connectivity index (χ0n) is 20.4. The second-order valence-electron chi connectivity index (χ2n) is 12.2. The van der Waals surface area contributed by atoms with Crippen molar-refractivity contribution in [3.05, 3.63) is 12.2 Å². The van der Waals surface area contributed by atoms with E-state index in [1.807, 2.05) is 0 Å². The smallest absolute Gasteiger partial charge is 0.393 e. The third kappa shape index (κ3) is 4.07. The lowest BCUT2D eigenvalue weighted by molar-refractivity contribution is -0.347. The maximum absolute atomic E-state index is 13.2. The van der Waals surface area contributed by atoms with Gasteiger partial charge in [-0.1, -0.05) is 26.8 Å². The Labute approximate surface area is 202 Å². The number of aliphatic hydroxyl groups is 2. The molecule has 0 bridgehead atoms. The van der Waals surface area contributed by atoms with Gasteiger partial charge in [-0.2, -0.15) is 26.3 Å². The average Bonchev–Trinajstić information content (AvgIpc) is 3.09. The van der Waals surface area contributed by atoms with Crippen LogP contribution in [0.4, 0.5) is 26.3 Å². The standard InChI is InChI=1S/C26H36F6O3/c1-14(6-11-24(35,25(27,28)29)26(30,31)32)17-4-5-18-16-13-21(34)20-12-15(33)7-9-23(20,3)19(16)8-10-22(17,18)2/h6,11,14-20,33,35H,4-5,7-10,12-13H2,1-3H3/b11-6+/t14?,15-,16?,17?,18?,19?,20-,22?,23?/m0/s1. The minimum Gasteiger partial charge on any atom is -0.393 e. The van der Waals surface area contributed by atoms with Crippen molar-refractivity contribution in [1.29, 1.82) is 0 Å². The molecule has 9 atom stereocenters. The molecule has 9 heteroatoms. The highest BCUT2D eigenvalue weighted by Gasteiger charge is 2.69. The Bertz CT molecular complexity index is 852. The third-order valence-corrected chi connectivity index (χ3v) is 10.6. The lowest BCUT2D eigenvalue weighted by Crippen LogP contribution is -2.57. The Balaban J connectivity index is 1.57. The van der Waals surface area contributed by atoms with Gasteiger partial charge in [-0.15, -0.1) is 0 Å². The molecule has 0 spiro atoms. The van der Waals surface area contributed by atoms with E-state index in [9.17, 15) is 41.4 Å². The molecule has 0 aromatic rings. The molecule has 4 aliphatic carbocycles. The largest absolute Gasteiger partial charge is 0.429 e. The van der Waals surface area contributed by atoms with Gasteiger partial charge < -0.3 is 10.2 Å². The van der Waals surface area contributed by atoms with E-state index in [0.717, 1.165) is 31.8 Å². The molecule has 0 saturated heterocycles. The van der Waals surface area contributed by atoms with Crippen LogP contribution >= 0.6 is 0 Å². The first-order valence-corrected chi connectivity index (χ1v) is 12.7. The Morgan fingerprint density at radius 2 is 1.51 bits per heavy atom. The minimum absolute atomic E-state index is 0.122. The number of carbonyl (C=O) groups excluding carboxylic acids is 1. The van der Waals surface area contributed by atoms with Gasteiger partial charge in [0.1, 0.15) is 5.78 Å². The number of fused-ring (bicyclic) bond motifs is 5. The van der Waals surface area contributed by atoms with Gasteiger partial charge >= 0.3 is 12.4 Å². The summed E-state index contributed by atoms with van der Waals surface area (Å²) >= 11 is 0. The fraction of sp³-hybridized carbons (Fsp3) is 0.885. The Kier molecular flexibility index (Phi) is 6.52. The lowest BCUT2D eigenvalue weighted by atomic mass is 9.44. The Morgan fingerprint density at radius 1 is 0.943 bits per heavy atom. The van der Waals surface area contributed by atoms with E-state index in [1.165, 1.54) is 0 Å². The topological polar surface area (TPSA) is 57.5 Å². The molecule has 0 amide bonds. The van der Waals surface area contributed by atoms with E-state index in [-0.39, 0.29) is 46.4 Å². The maximum atomic E-state index is 13.2. The van der Waals surface area contributed by atoms with Crippen molar-refractivity contribution < 1.29 is 41.4 Å². The second-order valence-corrected chi connectivity index (χ2v) is 12.2. The maximum Gasteiger partial charge on any atom is 0.429 e. The summed E-state index contributed by atoms with van der Waals surface area (Å²) in [5, 5.41) is 19.7. The molecule has 3 nitrogen and oxygen atoms in total.